The fourth-order valence-corrected chi connectivity index (χ4v) is 2.70. The second kappa shape index (κ2) is 7.63. The molecule has 1 saturated carbocycles. The van der Waals surface area contributed by atoms with Crippen LogP contribution in [0.15, 0.2) is 12.7 Å². The van der Waals surface area contributed by atoms with Gasteiger partial charge in [-0.15, -0.1) is 0 Å². The van der Waals surface area contributed by atoms with Crippen molar-refractivity contribution in [2.45, 2.75) is 47.0 Å². The van der Waals surface area contributed by atoms with Crippen molar-refractivity contribution in [2.24, 2.45) is 22.7 Å². The van der Waals surface area contributed by atoms with Crippen molar-refractivity contribution in [3.05, 3.63) is 12.7 Å². The highest BCUT2D eigenvalue weighted by atomic mass is 16.2. The van der Waals surface area contributed by atoms with Crippen molar-refractivity contribution < 1.29 is 9.59 Å². The maximum Gasteiger partial charge on any atom is 0.243 e. The monoisotopic (exact) mass is 319 g/mol. The van der Waals surface area contributed by atoms with Gasteiger partial charge < -0.3 is 10.6 Å². The standard InChI is InChI=1S/C18H29N3O2/c1-6-15(22)20-8-7-13(2)9-14-10-18(14,11-19)16(23)21-12-17(3,4)5/h6,13-14H,1,7-10,12H2,2-5H3,(H,20,22)(H,21,23). The first-order valence-corrected chi connectivity index (χ1v) is 8.24. The highest BCUT2D eigenvalue weighted by molar-refractivity contribution is 5.89. The minimum Gasteiger partial charge on any atom is -0.354 e. The third kappa shape index (κ3) is 5.70. The number of hydrogen-bond acceptors (Lipinski definition) is 3. The molecule has 0 saturated heterocycles. The Labute approximate surface area is 139 Å². The van der Waals surface area contributed by atoms with Gasteiger partial charge in [-0.3, -0.25) is 9.59 Å². The molecular formula is C18H29N3O2. The Hall–Kier alpha value is -1.83. The maximum absolute atomic E-state index is 12.3. The average molecular weight is 319 g/mol. The van der Waals surface area contributed by atoms with Gasteiger partial charge in [-0.05, 0) is 42.6 Å². The van der Waals surface area contributed by atoms with Crippen LogP contribution in [0.25, 0.3) is 0 Å². The van der Waals surface area contributed by atoms with Crippen molar-refractivity contribution in [1.82, 2.24) is 10.6 Å². The second-order valence-electron chi connectivity index (χ2n) is 7.85. The first-order chi connectivity index (χ1) is 10.6. The van der Waals surface area contributed by atoms with E-state index in [2.05, 4.69) is 51.0 Å². The summed E-state index contributed by atoms with van der Waals surface area (Å²) < 4.78 is 0. The van der Waals surface area contributed by atoms with E-state index in [-0.39, 0.29) is 23.1 Å². The molecule has 0 spiro atoms. The van der Waals surface area contributed by atoms with Gasteiger partial charge in [0.2, 0.25) is 11.8 Å². The number of carbonyl (C=O) groups is 2. The van der Waals surface area contributed by atoms with Gasteiger partial charge in [0.1, 0.15) is 5.41 Å². The summed E-state index contributed by atoms with van der Waals surface area (Å²) in [6.07, 6.45) is 3.57. The summed E-state index contributed by atoms with van der Waals surface area (Å²) in [6.45, 7) is 12.8. The Kier molecular flexibility index (Phi) is 6.37. The molecule has 1 aliphatic carbocycles. The van der Waals surface area contributed by atoms with Crippen molar-refractivity contribution in [3.8, 4) is 6.07 Å². The van der Waals surface area contributed by atoms with Crippen LogP contribution in [-0.2, 0) is 9.59 Å². The fraction of sp³-hybridized carbons (Fsp3) is 0.722. The zero-order valence-electron chi connectivity index (χ0n) is 14.7. The van der Waals surface area contributed by atoms with Crippen molar-refractivity contribution in [1.29, 1.82) is 5.26 Å². The van der Waals surface area contributed by atoms with Crippen LogP contribution in [0.1, 0.15) is 47.0 Å². The molecule has 1 rings (SSSR count). The van der Waals surface area contributed by atoms with E-state index in [0.29, 0.717) is 25.4 Å². The van der Waals surface area contributed by atoms with E-state index in [1.54, 1.807) is 0 Å². The molecule has 1 aliphatic rings. The van der Waals surface area contributed by atoms with E-state index >= 15 is 0 Å². The Bertz CT molecular complexity index is 501. The number of nitriles is 1. The van der Waals surface area contributed by atoms with Gasteiger partial charge in [-0.25, -0.2) is 0 Å². The topological polar surface area (TPSA) is 82.0 Å². The predicted octanol–water partition coefficient (Wildman–Crippen LogP) is 2.40. The van der Waals surface area contributed by atoms with Crippen LogP contribution < -0.4 is 10.6 Å². The summed E-state index contributed by atoms with van der Waals surface area (Å²) in [5.41, 5.74) is -0.836. The molecule has 0 aromatic carbocycles. The van der Waals surface area contributed by atoms with Crippen LogP contribution in [0.5, 0.6) is 0 Å². The number of hydrogen-bond donors (Lipinski definition) is 2. The minimum atomic E-state index is -0.843. The molecule has 1 fully saturated rings. The molecule has 3 unspecified atom stereocenters. The summed E-state index contributed by atoms with van der Waals surface area (Å²) >= 11 is 0. The Morgan fingerprint density at radius 2 is 2.09 bits per heavy atom. The quantitative estimate of drug-likeness (QED) is 0.674. The molecule has 0 aliphatic heterocycles. The largest absolute Gasteiger partial charge is 0.354 e. The maximum atomic E-state index is 12.3. The summed E-state index contributed by atoms with van der Waals surface area (Å²) in [5, 5.41) is 15.1. The van der Waals surface area contributed by atoms with Crippen molar-refractivity contribution >= 4 is 11.8 Å². The third-order valence-electron chi connectivity index (χ3n) is 4.30. The molecule has 3 atom stereocenters. The predicted molar refractivity (Wildman–Crippen MR) is 90.2 cm³/mol. The number of nitrogens with zero attached hydrogens (tertiary/aromatic N) is 1. The van der Waals surface area contributed by atoms with E-state index in [9.17, 15) is 14.9 Å². The highest BCUT2D eigenvalue weighted by Gasteiger charge is 2.60. The summed E-state index contributed by atoms with van der Waals surface area (Å²) in [6, 6.07) is 2.23. The normalized spacial score (nSPS) is 24.2. The van der Waals surface area contributed by atoms with Gasteiger partial charge in [-0.1, -0.05) is 34.3 Å². The molecule has 0 bridgehead atoms. The van der Waals surface area contributed by atoms with E-state index < -0.39 is 5.41 Å². The van der Waals surface area contributed by atoms with Gasteiger partial charge >= 0.3 is 0 Å². The SMILES string of the molecule is C=CC(=O)NCCC(C)CC1CC1(C#N)C(=O)NCC(C)(C)C. The van der Waals surface area contributed by atoms with E-state index in [1.807, 2.05) is 0 Å². The van der Waals surface area contributed by atoms with E-state index in [1.165, 1.54) is 6.08 Å². The molecular weight excluding hydrogens is 290 g/mol. The fourth-order valence-electron chi connectivity index (χ4n) is 2.70. The number of nitrogens with one attached hydrogen (secondary N) is 2. The molecule has 23 heavy (non-hydrogen) atoms. The number of rotatable bonds is 8. The lowest BCUT2D eigenvalue weighted by molar-refractivity contribution is -0.125. The van der Waals surface area contributed by atoms with Gasteiger partial charge in [0.05, 0.1) is 6.07 Å². The lowest BCUT2D eigenvalue weighted by Crippen LogP contribution is -2.38. The third-order valence-corrected chi connectivity index (χ3v) is 4.30. The first kappa shape index (κ1) is 19.2. The number of amides is 2. The molecule has 5 heteroatoms. The summed E-state index contributed by atoms with van der Waals surface area (Å²) in [5.74, 6) is 0.178. The summed E-state index contributed by atoms with van der Waals surface area (Å²) in [4.78, 5) is 23.4. The van der Waals surface area contributed by atoms with Crippen molar-refractivity contribution in [3.63, 3.8) is 0 Å². The molecule has 2 N–H and O–H groups in total. The van der Waals surface area contributed by atoms with E-state index in [0.717, 1.165) is 12.8 Å². The zero-order chi connectivity index (χ0) is 17.7. The van der Waals surface area contributed by atoms with Crippen LogP contribution in [-0.4, -0.2) is 24.9 Å². The van der Waals surface area contributed by atoms with Crippen LogP contribution in [0.4, 0.5) is 0 Å². The van der Waals surface area contributed by atoms with Crippen LogP contribution in [0, 0.1) is 34.0 Å². The van der Waals surface area contributed by atoms with Gasteiger partial charge in [0.25, 0.3) is 0 Å². The molecule has 2 amide bonds. The molecule has 128 valence electrons. The lowest BCUT2D eigenvalue weighted by Gasteiger charge is -2.20. The second-order valence-corrected chi connectivity index (χ2v) is 7.85. The Morgan fingerprint density at radius 1 is 1.43 bits per heavy atom. The number of carbonyl (C=O) groups excluding carboxylic acids is 2. The zero-order valence-corrected chi connectivity index (χ0v) is 14.7. The van der Waals surface area contributed by atoms with Crippen LogP contribution in [0.3, 0.4) is 0 Å². The molecule has 0 aromatic rings. The van der Waals surface area contributed by atoms with Crippen molar-refractivity contribution in [2.75, 3.05) is 13.1 Å². The highest BCUT2D eigenvalue weighted by Crippen LogP contribution is 2.55. The first-order valence-electron chi connectivity index (χ1n) is 8.24. The van der Waals surface area contributed by atoms with Gasteiger partial charge in [0.15, 0.2) is 0 Å². The smallest absolute Gasteiger partial charge is 0.243 e. The summed E-state index contributed by atoms with van der Waals surface area (Å²) in [7, 11) is 0. The molecule has 0 radical (unpaired) electrons. The van der Waals surface area contributed by atoms with Crippen LogP contribution in [0.2, 0.25) is 0 Å². The van der Waals surface area contributed by atoms with Gasteiger partial charge in [-0.2, -0.15) is 5.26 Å². The van der Waals surface area contributed by atoms with Gasteiger partial charge in [0, 0.05) is 13.1 Å². The molecule has 0 aromatic heterocycles. The Balaban J connectivity index is 2.42. The lowest BCUT2D eigenvalue weighted by atomic mass is 9.93. The Morgan fingerprint density at radius 3 is 2.61 bits per heavy atom. The minimum absolute atomic E-state index is 0.00729. The molecule has 5 nitrogen and oxygen atoms in total. The van der Waals surface area contributed by atoms with E-state index in [4.69, 9.17) is 0 Å². The average Bonchev–Trinajstić information content (AvgIpc) is 3.17. The van der Waals surface area contributed by atoms with Crippen LogP contribution >= 0.6 is 0 Å². The molecule has 0 heterocycles.